The Morgan fingerprint density at radius 3 is 2.86 bits per heavy atom. The van der Waals surface area contributed by atoms with Gasteiger partial charge in [-0.1, -0.05) is 13.0 Å². The van der Waals surface area contributed by atoms with E-state index in [-0.39, 0.29) is 0 Å². The van der Waals surface area contributed by atoms with E-state index in [2.05, 4.69) is 20.3 Å². The summed E-state index contributed by atoms with van der Waals surface area (Å²) in [6.07, 6.45) is 4.40. The van der Waals surface area contributed by atoms with Crippen molar-refractivity contribution in [3.05, 3.63) is 35.9 Å². The molecule has 7 heteroatoms. The minimum atomic E-state index is 0.296. The predicted octanol–water partition coefficient (Wildman–Crippen LogP) is 2.00. The lowest BCUT2D eigenvalue weighted by Crippen LogP contribution is -2.11. The number of methoxy groups -OCH3 is 1. The van der Waals surface area contributed by atoms with E-state index in [1.807, 2.05) is 19.1 Å². The molecule has 0 aromatic carbocycles. The van der Waals surface area contributed by atoms with Gasteiger partial charge in [-0.05, 0) is 18.1 Å². The number of nitrogen functional groups attached to an aromatic ring is 1. The quantitative estimate of drug-likeness (QED) is 0.770. The normalized spacial score (nSPS) is 10.5. The van der Waals surface area contributed by atoms with Crippen LogP contribution in [0.1, 0.15) is 24.7 Å². The van der Waals surface area contributed by atoms with Gasteiger partial charge in [0.2, 0.25) is 5.88 Å². The van der Waals surface area contributed by atoms with Crippen molar-refractivity contribution in [2.24, 2.45) is 0 Å². The number of ether oxygens (including phenoxy) is 2. The van der Waals surface area contributed by atoms with Crippen molar-refractivity contribution in [1.29, 1.82) is 0 Å². The first-order valence-corrected chi connectivity index (χ1v) is 7.15. The van der Waals surface area contributed by atoms with Crippen molar-refractivity contribution >= 4 is 11.5 Å². The predicted molar refractivity (Wildman–Crippen MR) is 84.5 cm³/mol. The minimum Gasteiger partial charge on any atom is -0.476 e. The SMILES string of the molecule is CCCOc1nc(COC)nc(NCc2cccnc2)c1N. The molecule has 2 heterocycles. The molecule has 0 unspecified atom stereocenters. The van der Waals surface area contributed by atoms with E-state index in [0.717, 1.165) is 12.0 Å². The molecule has 0 radical (unpaired) electrons. The number of nitrogens with zero attached hydrogens (tertiary/aromatic N) is 3. The standard InChI is InChI=1S/C15H21N5O2/c1-3-7-22-15-13(16)14(19-12(20-15)10-21-2)18-9-11-5-4-6-17-8-11/h4-6,8H,3,7,9-10,16H2,1-2H3,(H,18,19,20). The molecule has 7 nitrogen and oxygen atoms in total. The van der Waals surface area contributed by atoms with E-state index in [1.165, 1.54) is 0 Å². The Kier molecular flexibility index (Phi) is 5.91. The summed E-state index contributed by atoms with van der Waals surface area (Å²) in [7, 11) is 1.59. The number of rotatable bonds is 8. The monoisotopic (exact) mass is 303 g/mol. The van der Waals surface area contributed by atoms with Crippen LogP contribution in [0.3, 0.4) is 0 Å². The van der Waals surface area contributed by atoms with Gasteiger partial charge in [-0.25, -0.2) is 4.98 Å². The molecule has 2 rings (SSSR count). The van der Waals surface area contributed by atoms with Crippen LogP contribution in [-0.4, -0.2) is 28.7 Å². The van der Waals surface area contributed by atoms with Gasteiger partial charge in [0.15, 0.2) is 11.6 Å². The molecular weight excluding hydrogens is 282 g/mol. The van der Waals surface area contributed by atoms with Gasteiger partial charge in [0.25, 0.3) is 0 Å². The number of anilines is 2. The van der Waals surface area contributed by atoms with Crippen LogP contribution < -0.4 is 15.8 Å². The van der Waals surface area contributed by atoms with Gasteiger partial charge in [-0.3, -0.25) is 4.98 Å². The van der Waals surface area contributed by atoms with Gasteiger partial charge in [0, 0.05) is 26.0 Å². The van der Waals surface area contributed by atoms with Crippen molar-refractivity contribution < 1.29 is 9.47 Å². The Hall–Kier alpha value is -2.41. The summed E-state index contributed by atoms with van der Waals surface area (Å²) >= 11 is 0. The van der Waals surface area contributed by atoms with Crippen molar-refractivity contribution in [2.75, 3.05) is 24.8 Å². The van der Waals surface area contributed by atoms with E-state index < -0.39 is 0 Å². The fraction of sp³-hybridized carbons (Fsp3) is 0.400. The molecule has 0 spiro atoms. The second-order valence-corrected chi connectivity index (χ2v) is 4.70. The van der Waals surface area contributed by atoms with Crippen LogP contribution in [0.15, 0.2) is 24.5 Å². The molecule has 0 aliphatic heterocycles. The molecule has 0 fully saturated rings. The topological polar surface area (TPSA) is 95.2 Å². The van der Waals surface area contributed by atoms with E-state index in [1.54, 1.807) is 19.5 Å². The molecule has 2 aromatic heterocycles. The molecule has 0 bridgehead atoms. The van der Waals surface area contributed by atoms with Gasteiger partial charge in [0.1, 0.15) is 12.3 Å². The van der Waals surface area contributed by atoms with Crippen molar-refractivity contribution in [3.8, 4) is 5.88 Å². The zero-order valence-corrected chi connectivity index (χ0v) is 12.9. The fourth-order valence-electron chi connectivity index (χ4n) is 1.82. The third kappa shape index (κ3) is 4.29. The minimum absolute atomic E-state index is 0.296. The summed E-state index contributed by atoms with van der Waals surface area (Å²) in [5.41, 5.74) is 7.52. The molecule has 0 aliphatic rings. The molecule has 0 aliphatic carbocycles. The molecule has 3 N–H and O–H groups in total. The van der Waals surface area contributed by atoms with Crippen LogP contribution in [-0.2, 0) is 17.9 Å². The van der Waals surface area contributed by atoms with Crippen molar-refractivity contribution in [1.82, 2.24) is 15.0 Å². The van der Waals surface area contributed by atoms with Crippen LogP contribution in [0.4, 0.5) is 11.5 Å². The summed E-state index contributed by atoms with van der Waals surface area (Å²) in [6, 6.07) is 3.86. The van der Waals surface area contributed by atoms with Crippen LogP contribution in [0.5, 0.6) is 5.88 Å². The molecule has 0 saturated carbocycles. The fourth-order valence-corrected chi connectivity index (χ4v) is 1.82. The number of hydrogen-bond donors (Lipinski definition) is 2. The second-order valence-electron chi connectivity index (χ2n) is 4.70. The summed E-state index contributed by atoms with van der Waals surface area (Å²) in [5.74, 6) is 1.45. The third-order valence-electron chi connectivity index (χ3n) is 2.86. The first-order chi connectivity index (χ1) is 10.7. The highest BCUT2D eigenvalue weighted by atomic mass is 16.5. The van der Waals surface area contributed by atoms with Crippen molar-refractivity contribution in [3.63, 3.8) is 0 Å². The van der Waals surface area contributed by atoms with Gasteiger partial charge < -0.3 is 20.5 Å². The van der Waals surface area contributed by atoms with Crippen LogP contribution in [0.2, 0.25) is 0 Å². The molecule has 118 valence electrons. The Bertz CT molecular complexity index is 592. The molecule has 0 saturated heterocycles. The molecule has 22 heavy (non-hydrogen) atoms. The summed E-state index contributed by atoms with van der Waals surface area (Å²) in [5, 5.41) is 3.19. The molecule has 0 amide bonds. The van der Waals surface area contributed by atoms with Gasteiger partial charge >= 0.3 is 0 Å². The zero-order valence-electron chi connectivity index (χ0n) is 12.9. The van der Waals surface area contributed by atoms with Gasteiger partial charge in [-0.2, -0.15) is 4.98 Å². The van der Waals surface area contributed by atoms with Crippen LogP contribution in [0, 0.1) is 0 Å². The van der Waals surface area contributed by atoms with Gasteiger partial charge in [0.05, 0.1) is 6.61 Å². The van der Waals surface area contributed by atoms with E-state index >= 15 is 0 Å². The lowest BCUT2D eigenvalue weighted by Gasteiger charge is -2.13. The molecule has 2 aromatic rings. The Balaban J connectivity index is 2.18. The maximum absolute atomic E-state index is 6.08. The number of nitrogens with two attached hydrogens (primary N) is 1. The highest BCUT2D eigenvalue weighted by Crippen LogP contribution is 2.26. The smallest absolute Gasteiger partial charge is 0.242 e. The van der Waals surface area contributed by atoms with Crippen LogP contribution in [0.25, 0.3) is 0 Å². The Labute approximate surface area is 129 Å². The first-order valence-electron chi connectivity index (χ1n) is 7.15. The highest BCUT2D eigenvalue weighted by Gasteiger charge is 2.13. The van der Waals surface area contributed by atoms with E-state index in [0.29, 0.717) is 43.0 Å². The maximum atomic E-state index is 6.08. The third-order valence-corrected chi connectivity index (χ3v) is 2.86. The molecule has 0 atom stereocenters. The lowest BCUT2D eigenvalue weighted by molar-refractivity contribution is 0.176. The lowest BCUT2D eigenvalue weighted by atomic mass is 10.3. The molecular formula is C15H21N5O2. The Morgan fingerprint density at radius 2 is 2.18 bits per heavy atom. The maximum Gasteiger partial charge on any atom is 0.242 e. The number of hydrogen-bond acceptors (Lipinski definition) is 7. The van der Waals surface area contributed by atoms with Gasteiger partial charge in [-0.15, -0.1) is 0 Å². The summed E-state index contributed by atoms with van der Waals surface area (Å²) in [6.45, 7) is 3.43. The van der Waals surface area contributed by atoms with Crippen LogP contribution >= 0.6 is 0 Å². The largest absolute Gasteiger partial charge is 0.476 e. The number of aromatic nitrogens is 3. The van der Waals surface area contributed by atoms with E-state index in [4.69, 9.17) is 15.2 Å². The Morgan fingerprint density at radius 1 is 1.32 bits per heavy atom. The average Bonchev–Trinajstić information content (AvgIpc) is 2.55. The average molecular weight is 303 g/mol. The second kappa shape index (κ2) is 8.14. The number of pyridine rings is 1. The van der Waals surface area contributed by atoms with E-state index in [9.17, 15) is 0 Å². The number of nitrogens with one attached hydrogen (secondary N) is 1. The van der Waals surface area contributed by atoms with Crippen molar-refractivity contribution in [2.45, 2.75) is 26.5 Å². The summed E-state index contributed by atoms with van der Waals surface area (Å²) in [4.78, 5) is 12.7. The highest BCUT2D eigenvalue weighted by molar-refractivity contribution is 5.67. The summed E-state index contributed by atoms with van der Waals surface area (Å²) < 4.78 is 10.7. The zero-order chi connectivity index (χ0) is 15.8. The first kappa shape index (κ1) is 16.0.